The van der Waals surface area contributed by atoms with Crippen LogP contribution in [0.25, 0.3) is 21.1 Å². The molecule has 10 nitrogen and oxygen atoms in total. The van der Waals surface area contributed by atoms with Crippen molar-refractivity contribution in [3.63, 3.8) is 0 Å². The minimum atomic E-state index is -0.424. The van der Waals surface area contributed by atoms with E-state index in [4.69, 9.17) is 9.72 Å². The Morgan fingerprint density at radius 1 is 0.977 bits per heavy atom. The number of benzene rings is 3. The molecule has 0 aliphatic carbocycles. The Labute approximate surface area is 252 Å². The lowest BCUT2D eigenvalue weighted by Crippen LogP contribution is -2.49. The van der Waals surface area contributed by atoms with Crippen LogP contribution in [0.15, 0.2) is 83.7 Å². The van der Waals surface area contributed by atoms with Gasteiger partial charge in [0.15, 0.2) is 11.0 Å². The van der Waals surface area contributed by atoms with Gasteiger partial charge in [-0.2, -0.15) is 0 Å². The number of aromatic amines is 1. The van der Waals surface area contributed by atoms with Crippen LogP contribution in [0.2, 0.25) is 0 Å². The Morgan fingerprint density at radius 2 is 1.79 bits per heavy atom. The van der Waals surface area contributed by atoms with E-state index >= 15 is 0 Å². The fourth-order valence-corrected chi connectivity index (χ4v) is 6.79. The number of nitrogens with zero attached hydrogens (tertiary/aromatic N) is 7. The lowest BCUT2D eigenvalue weighted by Gasteiger charge is -2.38. The first-order valence-corrected chi connectivity index (χ1v) is 15.4. The monoisotopic (exact) mass is 592 g/mol. The van der Waals surface area contributed by atoms with Crippen molar-refractivity contribution in [3.05, 3.63) is 106 Å². The van der Waals surface area contributed by atoms with Crippen LogP contribution in [0.3, 0.4) is 0 Å². The van der Waals surface area contributed by atoms with Crippen LogP contribution in [0, 0.1) is 0 Å². The molecule has 43 heavy (non-hydrogen) atoms. The van der Waals surface area contributed by atoms with Crippen molar-refractivity contribution in [3.8, 4) is 5.75 Å². The fourth-order valence-electron chi connectivity index (χ4n) is 5.77. The molecule has 1 aliphatic heterocycles. The van der Waals surface area contributed by atoms with Crippen LogP contribution in [-0.4, -0.2) is 67.9 Å². The van der Waals surface area contributed by atoms with Crippen molar-refractivity contribution in [2.24, 2.45) is 0 Å². The highest BCUT2D eigenvalue weighted by Crippen LogP contribution is 2.32. The van der Waals surface area contributed by atoms with Gasteiger partial charge < -0.3 is 14.6 Å². The van der Waals surface area contributed by atoms with E-state index in [1.54, 1.807) is 11.3 Å². The normalized spacial score (nSPS) is 14.9. The Kier molecular flexibility index (Phi) is 7.56. The highest BCUT2D eigenvalue weighted by atomic mass is 32.1. The van der Waals surface area contributed by atoms with Crippen LogP contribution in [0.5, 0.6) is 5.75 Å². The zero-order chi connectivity index (χ0) is 29.2. The number of aromatic nitrogens is 6. The first kappa shape index (κ1) is 27.2. The SMILES string of the molecule is CCOc1ccc2[nH]c(=O)c(C(c3nnnn3CCc3ccccc3)N3CCN(c4nc5ccccc5s4)CC3)cc2c1. The highest BCUT2D eigenvalue weighted by Gasteiger charge is 2.33. The second-order valence-corrected chi connectivity index (χ2v) is 11.6. The summed E-state index contributed by atoms with van der Waals surface area (Å²) in [6.07, 6.45) is 0.781. The third-order valence-corrected chi connectivity index (χ3v) is 9.04. The summed E-state index contributed by atoms with van der Waals surface area (Å²) in [5.74, 6) is 1.43. The molecular formula is C32H32N8O2S. The van der Waals surface area contributed by atoms with E-state index in [1.165, 1.54) is 10.3 Å². The van der Waals surface area contributed by atoms with Crippen LogP contribution in [0.1, 0.15) is 29.9 Å². The lowest BCUT2D eigenvalue weighted by molar-refractivity contribution is 0.199. The predicted octanol–water partition coefficient (Wildman–Crippen LogP) is 4.68. The molecule has 0 saturated carbocycles. The number of aryl methyl sites for hydroxylation is 2. The number of rotatable bonds is 9. The molecule has 1 saturated heterocycles. The van der Waals surface area contributed by atoms with E-state index in [2.05, 4.69) is 54.6 Å². The molecule has 11 heteroatoms. The molecule has 1 atom stereocenters. The smallest absolute Gasteiger partial charge is 0.253 e. The number of piperazine rings is 1. The Bertz CT molecular complexity index is 1880. The zero-order valence-corrected chi connectivity index (χ0v) is 24.7. The molecule has 1 N–H and O–H groups in total. The number of pyridine rings is 1. The molecule has 1 aliphatic rings. The molecule has 4 heterocycles. The minimum Gasteiger partial charge on any atom is -0.494 e. The number of para-hydroxylation sites is 1. The number of nitrogens with one attached hydrogen (secondary N) is 1. The average Bonchev–Trinajstić information content (AvgIpc) is 3.69. The van der Waals surface area contributed by atoms with E-state index in [9.17, 15) is 4.79 Å². The molecule has 0 spiro atoms. The highest BCUT2D eigenvalue weighted by molar-refractivity contribution is 7.22. The van der Waals surface area contributed by atoms with Gasteiger partial charge in [0.25, 0.3) is 5.56 Å². The van der Waals surface area contributed by atoms with Crippen molar-refractivity contribution >= 4 is 37.6 Å². The van der Waals surface area contributed by atoms with Crippen molar-refractivity contribution in [2.45, 2.75) is 25.9 Å². The van der Waals surface area contributed by atoms with Gasteiger partial charge >= 0.3 is 0 Å². The van der Waals surface area contributed by atoms with Gasteiger partial charge in [-0.05, 0) is 65.7 Å². The number of thiazole rings is 1. The third kappa shape index (κ3) is 5.61. The quantitative estimate of drug-likeness (QED) is 0.258. The van der Waals surface area contributed by atoms with Gasteiger partial charge in [-0.3, -0.25) is 9.69 Å². The van der Waals surface area contributed by atoms with Crippen LogP contribution in [0.4, 0.5) is 5.13 Å². The lowest BCUT2D eigenvalue weighted by atomic mass is 10.0. The Balaban J connectivity index is 1.23. The van der Waals surface area contributed by atoms with Crippen LogP contribution >= 0.6 is 11.3 Å². The number of hydrogen-bond acceptors (Lipinski definition) is 9. The summed E-state index contributed by atoms with van der Waals surface area (Å²) >= 11 is 1.72. The number of ether oxygens (including phenoxy) is 1. The second kappa shape index (κ2) is 11.9. The molecule has 3 aromatic carbocycles. The summed E-state index contributed by atoms with van der Waals surface area (Å²) in [6.45, 7) is 6.14. The Morgan fingerprint density at radius 3 is 2.60 bits per heavy atom. The maximum Gasteiger partial charge on any atom is 0.253 e. The molecule has 218 valence electrons. The largest absolute Gasteiger partial charge is 0.494 e. The summed E-state index contributed by atoms with van der Waals surface area (Å²) < 4.78 is 8.78. The Hall–Kier alpha value is -4.61. The number of H-pyrrole nitrogens is 1. The molecule has 3 aromatic heterocycles. The van der Waals surface area contributed by atoms with Crippen molar-refractivity contribution < 1.29 is 4.74 Å². The van der Waals surface area contributed by atoms with Gasteiger partial charge in [0.2, 0.25) is 0 Å². The second-order valence-electron chi connectivity index (χ2n) is 10.6. The van der Waals surface area contributed by atoms with Crippen LogP contribution in [-0.2, 0) is 13.0 Å². The van der Waals surface area contributed by atoms with Crippen LogP contribution < -0.4 is 15.2 Å². The summed E-state index contributed by atoms with van der Waals surface area (Å²) in [5.41, 5.74) is 3.46. The minimum absolute atomic E-state index is 0.145. The molecular weight excluding hydrogens is 560 g/mol. The van der Waals surface area contributed by atoms with Crippen molar-refractivity contribution in [2.75, 3.05) is 37.7 Å². The first-order chi connectivity index (χ1) is 21.2. The maximum absolute atomic E-state index is 13.7. The first-order valence-electron chi connectivity index (χ1n) is 14.6. The fraction of sp³-hybridized carbons (Fsp3) is 0.281. The summed E-state index contributed by atoms with van der Waals surface area (Å²) in [6, 6.07) is 25.8. The summed E-state index contributed by atoms with van der Waals surface area (Å²) in [7, 11) is 0. The van der Waals surface area contributed by atoms with Gasteiger partial charge in [0, 0.05) is 49.2 Å². The molecule has 0 bridgehead atoms. The number of tetrazole rings is 1. The molecule has 1 fully saturated rings. The topological polar surface area (TPSA) is 105 Å². The molecule has 1 unspecified atom stereocenters. The molecule has 0 radical (unpaired) electrons. The average molecular weight is 593 g/mol. The van der Waals surface area contributed by atoms with Gasteiger partial charge in [0.1, 0.15) is 11.8 Å². The predicted molar refractivity (Wildman–Crippen MR) is 169 cm³/mol. The van der Waals surface area contributed by atoms with Crippen molar-refractivity contribution in [1.29, 1.82) is 0 Å². The van der Waals surface area contributed by atoms with Gasteiger partial charge in [0.05, 0.1) is 16.8 Å². The van der Waals surface area contributed by atoms with E-state index in [1.807, 2.05) is 66.2 Å². The maximum atomic E-state index is 13.7. The standard InChI is InChI=1S/C32H32N8O2S/c1-2-42-24-12-13-26-23(20-24)21-25(31(41)33-26)29(30-35-36-37-40(30)15-14-22-8-4-3-5-9-22)38-16-18-39(19-17-38)32-34-27-10-6-7-11-28(27)43-32/h3-13,20-21,29H,2,14-19H2,1H3,(H,33,41). The number of hydrogen-bond donors (Lipinski definition) is 1. The zero-order valence-electron chi connectivity index (χ0n) is 23.9. The van der Waals surface area contributed by atoms with Gasteiger partial charge in [-0.15, -0.1) is 5.10 Å². The van der Waals surface area contributed by atoms with Crippen molar-refractivity contribution in [1.82, 2.24) is 35.1 Å². The van der Waals surface area contributed by atoms with E-state index < -0.39 is 6.04 Å². The van der Waals surface area contributed by atoms with Gasteiger partial charge in [-0.1, -0.05) is 53.8 Å². The summed E-state index contributed by atoms with van der Waals surface area (Å²) in [4.78, 5) is 26.3. The molecule has 6 aromatic rings. The molecule has 7 rings (SSSR count). The van der Waals surface area contributed by atoms with E-state index in [0.29, 0.717) is 24.5 Å². The number of anilines is 1. The van der Waals surface area contributed by atoms with E-state index in [-0.39, 0.29) is 5.56 Å². The van der Waals surface area contributed by atoms with E-state index in [0.717, 1.165) is 59.9 Å². The molecule has 0 amide bonds. The van der Waals surface area contributed by atoms with Gasteiger partial charge in [-0.25, -0.2) is 9.67 Å². The summed E-state index contributed by atoms with van der Waals surface area (Å²) in [5, 5.41) is 14.9. The third-order valence-electron chi connectivity index (χ3n) is 7.94. The number of fused-ring (bicyclic) bond motifs is 2.